The summed E-state index contributed by atoms with van der Waals surface area (Å²) in [7, 11) is -2.61. The lowest BCUT2D eigenvalue weighted by molar-refractivity contribution is -0.122. The Hall–Kier alpha value is -2.91. The van der Waals surface area contributed by atoms with Crippen molar-refractivity contribution in [3.63, 3.8) is 0 Å². The SMILES string of the molecule is Cc1ccccc1NC(=O)CN(C)S(=O)(=O)c1cc2c(cc1C)NC(=O)[C@@H](C)O2. The number of ether oxygens (including phenoxy) is 1. The van der Waals surface area contributed by atoms with Crippen molar-refractivity contribution in [1.29, 1.82) is 0 Å². The number of likely N-dealkylation sites (N-methyl/N-ethyl adjacent to an activating group) is 1. The largest absolute Gasteiger partial charge is 0.479 e. The Balaban J connectivity index is 1.81. The second-order valence-corrected chi connectivity index (χ2v) is 9.00. The molecule has 0 aliphatic carbocycles. The summed E-state index contributed by atoms with van der Waals surface area (Å²) in [5.74, 6) is -0.463. The van der Waals surface area contributed by atoms with E-state index in [0.29, 0.717) is 16.9 Å². The molecule has 9 heteroatoms. The van der Waals surface area contributed by atoms with Crippen LogP contribution in [0.2, 0.25) is 0 Å². The lowest BCUT2D eigenvalue weighted by Gasteiger charge is -2.25. The molecule has 0 saturated carbocycles. The van der Waals surface area contributed by atoms with E-state index in [4.69, 9.17) is 4.74 Å². The minimum atomic E-state index is -3.95. The van der Waals surface area contributed by atoms with Crippen molar-refractivity contribution >= 4 is 33.2 Å². The lowest BCUT2D eigenvalue weighted by atomic mass is 10.1. The van der Waals surface area contributed by atoms with E-state index in [1.807, 2.05) is 19.1 Å². The van der Waals surface area contributed by atoms with Crippen LogP contribution >= 0.6 is 0 Å². The first-order valence-electron chi connectivity index (χ1n) is 9.03. The fourth-order valence-electron chi connectivity index (χ4n) is 2.98. The number of carbonyl (C=O) groups excluding carboxylic acids is 2. The first kappa shape index (κ1) is 20.8. The van der Waals surface area contributed by atoms with Crippen LogP contribution in [-0.2, 0) is 19.6 Å². The molecule has 8 nitrogen and oxygen atoms in total. The first-order valence-corrected chi connectivity index (χ1v) is 10.5. The van der Waals surface area contributed by atoms with Crippen LogP contribution in [0.4, 0.5) is 11.4 Å². The molecule has 154 valence electrons. The zero-order valence-corrected chi connectivity index (χ0v) is 17.5. The molecule has 0 bridgehead atoms. The van der Waals surface area contributed by atoms with Crippen LogP contribution in [0, 0.1) is 13.8 Å². The maximum atomic E-state index is 13.0. The van der Waals surface area contributed by atoms with Gasteiger partial charge >= 0.3 is 0 Å². The summed E-state index contributed by atoms with van der Waals surface area (Å²) in [6.07, 6.45) is -0.724. The van der Waals surface area contributed by atoms with E-state index >= 15 is 0 Å². The Labute approximate surface area is 169 Å². The highest BCUT2D eigenvalue weighted by Crippen LogP contribution is 2.35. The van der Waals surface area contributed by atoms with Gasteiger partial charge in [-0.2, -0.15) is 4.31 Å². The van der Waals surface area contributed by atoms with Gasteiger partial charge in [0, 0.05) is 18.8 Å². The molecule has 2 aromatic rings. The van der Waals surface area contributed by atoms with Crippen LogP contribution < -0.4 is 15.4 Å². The molecule has 1 heterocycles. The molecule has 2 N–H and O–H groups in total. The van der Waals surface area contributed by atoms with Gasteiger partial charge in [-0.3, -0.25) is 9.59 Å². The number of anilines is 2. The smallest absolute Gasteiger partial charge is 0.265 e. The number of carbonyl (C=O) groups is 2. The average molecular weight is 417 g/mol. The Morgan fingerprint density at radius 3 is 2.59 bits per heavy atom. The molecule has 1 atom stereocenters. The standard InChI is InChI=1S/C20H23N3O5S/c1-12-7-5-6-8-15(12)21-19(24)11-23(4)29(26,27)18-10-17-16(9-13(18)2)22-20(25)14(3)28-17/h5-10,14H,11H2,1-4H3,(H,21,24)(H,22,25)/t14-/m1/s1. The van der Waals surface area contributed by atoms with Gasteiger partial charge in [0.15, 0.2) is 6.10 Å². The number of rotatable bonds is 5. The molecule has 2 aromatic carbocycles. The number of amides is 2. The minimum Gasteiger partial charge on any atom is -0.479 e. The van der Waals surface area contributed by atoms with E-state index in [1.165, 1.54) is 13.1 Å². The summed E-state index contributed by atoms with van der Waals surface area (Å²) in [4.78, 5) is 24.1. The summed E-state index contributed by atoms with van der Waals surface area (Å²) in [5, 5.41) is 5.41. The minimum absolute atomic E-state index is 0.0193. The number of benzene rings is 2. The van der Waals surface area contributed by atoms with Gasteiger partial charge in [0.1, 0.15) is 5.75 Å². The van der Waals surface area contributed by atoms with Crippen LogP contribution in [0.1, 0.15) is 18.1 Å². The van der Waals surface area contributed by atoms with Gasteiger partial charge < -0.3 is 15.4 Å². The topological polar surface area (TPSA) is 105 Å². The predicted octanol–water partition coefficient (Wildman–Crippen LogP) is 2.28. The average Bonchev–Trinajstić information content (AvgIpc) is 2.64. The van der Waals surface area contributed by atoms with Crippen molar-refractivity contribution in [1.82, 2.24) is 4.31 Å². The van der Waals surface area contributed by atoms with Crippen molar-refractivity contribution in [2.45, 2.75) is 31.8 Å². The zero-order chi connectivity index (χ0) is 21.3. The number of nitrogens with zero attached hydrogens (tertiary/aromatic N) is 1. The van der Waals surface area contributed by atoms with Gasteiger partial charge in [-0.05, 0) is 44.0 Å². The quantitative estimate of drug-likeness (QED) is 0.777. The highest BCUT2D eigenvalue weighted by atomic mass is 32.2. The van der Waals surface area contributed by atoms with Gasteiger partial charge in [-0.15, -0.1) is 0 Å². The maximum absolute atomic E-state index is 13.0. The predicted molar refractivity (Wildman–Crippen MR) is 110 cm³/mol. The third kappa shape index (κ3) is 4.25. The van der Waals surface area contributed by atoms with Crippen molar-refractivity contribution in [2.75, 3.05) is 24.2 Å². The normalized spacial score (nSPS) is 16.0. The van der Waals surface area contributed by atoms with Crippen LogP contribution in [-0.4, -0.2) is 44.2 Å². The number of hydrogen-bond acceptors (Lipinski definition) is 5. The number of fused-ring (bicyclic) bond motifs is 1. The van der Waals surface area contributed by atoms with Crippen LogP contribution in [0.25, 0.3) is 0 Å². The van der Waals surface area contributed by atoms with E-state index in [1.54, 1.807) is 32.0 Å². The molecule has 29 heavy (non-hydrogen) atoms. The lowest BCUT2D eigenvalue weighted by Crippen LogP contribution is -2.36. The van der Waals surface area contributed by atoms with E-state index < -0.39 is 22.0 Å². The van der Waals surface area contributed by atoms with Crippen molar-refractivity contribution < 1.29 is 22.7 Å². The number of sulfonamides is 1. The maximum Gasteiger partial charge on any atom is 0.265 e. The Kier molecular flexibility index (Phi) is 5.63. The van der Waals surface area contributed by atoms with E-state index in [2.05, 4.69) is 10.6 Å². The fourth-order valence-corrected chi connectivity index (χ4v) is 4.32. The van der Waals surface area contributed by atoms with Gasteiger partial charge in [0.05, 0.1) is 17.1 Å². The summed E-state index contributed by atoms with van der Waals surface area (Å²) in [6.45, 7) is 4.71. The van der Waals surface area contributed by atoms with E-state index in [0.717, 1.165) is 9.87 Å². The third-order valence-corrected chi connectivity index (χ3v) is 6.63. The highest BCUT2D eigenvalue weighted by Gasteiger charge is 2.30. The summed E-state index contributed by atoms with van der Waals surface area (Å²) in [5.41, 5.74) is 2.37. The number of para-hydroxylation sites is 1. The van der Waals surface area contributed by atoms with Crippen molar-refractivity contribution in [3.8, 4) is 5.75 Å². The van der Waals surface area contributed by atoms with Gasteiger partial charge in [0.25, 0.3) is 5.91 Å². The van der Waals surface area contributed by atoms with Crippen LogP contribution in [0.5, 0.6) is 5.75 Å². The van der Waals surface area contributed by atoms with Gasteiger partial charge in [0.2, 0.25) is 15.9 Å². The second kappa shape index (κ2) is 7.84. The Bertz CT molecular complexity index is 1080. The second-order valence-electron chi connectivity index (χ2n) is 6.99. The van der Waals surface area contributed by atoms with Crippen LogP contribution in [0.3, 0.4) is 0 Å². The molecular formula is C20H23N3O5S. The molecule has 0 radical (unpaired) electrons. The van der Waals surface area contributed by atoms with Crippen LogP contribution in [0.15, 0.2) is 41.3 Å². The fraction of sp³-hybridized carbons (Fsp3) is 0.300. The number of nitrogens with one attached hydrogen (secondary N) is 2. The number of aryl methyl sites for hydroxylation is 2. The molecule has 0 saturated heterocycles. The summed E-state index contributed by atoms with van der Waals surface area (Å²) >= 11 is 0. The molecule has 1 aliphatic heterocycles. The number of hydrogen-bond donors (Lipinski definition) is 2. The molecule has 2 amide bonds. The molecule has 1 aliphatic rings. The summed E-state index contributed by atoms with van der Waals surface area (Å²) in [6, 6.07) is 10.2. The molecular weight excluding hydrogens is 394 g/mol. The molecule has 3 rings (SSSR count). The molecule has 0 fully saturated rings. The highest BCUT2D eigenvalue weighted by molar-refractivity contribution is 7.89. The van der Waals surface area contributed by atoms with Crippen molar-refractivity contribution in [2.24, 2.45) is 0 Å². The Morgan fingerprint density at radius 1 is 1.21 bits per heavy atom. The summed E-state index contributed by atoms with van der Waals surface area (Å²) < 4.78 is 32.6. The van der Waals surface area contributed by atoms with E-state index in [-0.39, 0.29) is 23.1 Å². The first-order chi connectivity index (χ1) is 13.6. The van der Waals surface area contributed by atoms with Gasteiger partial charge in [-0.1, -0.05) is 18.2 Å². The van der Waals surface area contributed by atoms with Gasteiger partial charge in [-0.25, -0.2) is 8.42 Å². The van der Waals surface area contributed by atoms with E-state index in [9.17, 15) is 18.0 Å². The zero-order valence-electron chi connectivity index (χ0n) is 16.6. The monoisotopic (exact) mass is 417 g/mol. The molecule has 0 unspecified atom stereocenters. The third-order valence-electron chi connectivity index (χ3n) is 4.68. The Morgan fingerprint density at radius 2 is 1.90 bits per heavy atom. The van der Waals surface area contributed by atoms with Crippen molar-refractivity contribution in [3.05, 3.63) is 47.5 Å². The molecule has 0 aromatic heterocycles. The molecule has 0 spiro atoms.